The molecule has 5 nitrogen and oxygen atoms in total. The van der Waals surface area contributed by atoms with E-state index in [1.807, 2.05) is 0 Å². The van der Waals surface area contributed by atoms with E-state index in [0.29, 0.717) is 0 Å². The van der Waals surface area contributed by atoms with Crippen LogP contribution in [0.4, 0.5) is 74.6 Å². The molecule has 2 unspecified atom stereocenters. The van der Waals surface area contributed by atoms with Gasteiger partial charge < -0.3 is 14.5 Å². The summed E-state index contributed by atoms with van der Waals surface area (Å²) in [5.74, 6) is -49.0. The molecular formula is C15H14ClF17NaO5P. The van der Waals surface area contributed by atoms with Crippen LogP contribution in [0.2, 0.25) is 0 Å². The smallest absolute Gasteiger partial charge is 0.756 e. The van der Waals surface area contributed by atoms with Crippen LogP contribution in [0.25, 0.3) is 0 Å². The molecule has 40 heavy (non-hydrogen) atoms. The molecule has 0 aliphatic carbocycles. The molecule has 1 N–H and O–H groups in total. The van der Waals surface area contributed by atoms with E-state index >= 15 is 0 Å². The van der Waals surface area contributed by atoms with Gasteiger partial charge in [-0.05, 0) is 12.8 Å². The standard InChI is InChI=1S/C15H15ClF17O5P.Na/c16-5-7(34)6-37-39(35,36)38-15(32,33)14(30,31)13(28,29)12(26,27)11(24,25)10(22,23)8(17,18)3-1-2-4-9(19,20)21;/h7,34H,1-6H2,(H,35,36);/q;+1/p-1. The SMILES string of the molecule is O=P([O-])(OCC(O)CCl)OC(F)(F)C(F)(F)C(F)(F)C(F)(F)C(F)(F)C(F)(F)C(F)(F)CCCCC(F)(F)F.[Na+]. The van der Waals surface area contributed by atoms with E-state index in [2.05, 4.69) is 9.05 Å². The maximum atomic E-state index is 13.8. The van der Waals surface area contributed by atoms with Gasteiger partial charge in [0, 0.05) is 12.8 Å². The number of phosphoric acid groups is 1. The molecule has 0 radical (unpaired) electrons. The van der Waals surface area contributed by atoms with Gasteiger partial charge in [0.25, 0.3) is 7.82 Å². The molecule has 0 aromatic heterocycles. The molecular weight excluding hydrogens is 673 g/mol. The fourth-order valence-electron chi connectivity index (χ4n) is 2.28. The van der Waals surface area contributed by atoms with Gasteiger partial charge in [-0.25, -0.2) is 4.52 Å². The Hall–Kier alpha value is 0.170. The van der Waals surface area contributed by atoms with E-state index in [1.165, 1.54) is 0 Å². The zero-order valence-electron chi connectivity index (χ0n) is 19.2. The summed E-state index contributed by atoms with van der Waals surface area (Å²) in [4.78, 5) is 11.1. The van der Waals surface area contributed by atoms with Gasteiger partial charge in [-0.15, -0.1) is 11.6 Å². The Morgan fingerprint density at radius 2 is 1.07 bits per heavy atom. The van der Waals surface area contributed by atoms with Gasteiger partial charge in [0.2, 0.25) is 0 Å². The van der Waals surface area contributed by atoms with Crippen molar-refractivity contribution in [1.82, 2.24) is 0 Å². The molecule has 0 bridgehead atoms. The second-order valence-electron chi connectivity index (χ2n) is 7.56. The molecule has 0 saturated carbocycles. The van der Waals surface area contributed by atoms with Crippen LogP contribution < -0.4 is 34.5 Å². The molecule has 0 aliphatic rings. The molecule has 0 spiro atoms. The summed E-state index contributed by atoms with van der Waals surface area (Å²) in [7, 11) is -7.04. The summed E-state index contributed by atoms with van der Waals surface area (Å²) in [5, 5.41) is 8.86. The second kappa shape index (κ2) is 13.4. The molecule has 0 saturated heterocycles. The molecule has 0 aromatic carbocycles. The van der Waals surface area contributed by atoms with Crippen molar-refractivity contribution in [2.45, 2.75) is 79.6 Å². The molecule has 0 heterocycles. The van der Waals surface area contributed by atoms with Gasteiger partial charge in [0.05, 0.1) is 18.6 Å². The topological polar surface area (TPSA) is 78.8 Å². The molecule has 2 atom stereocenters. The van der Waals surface area contributed by atoms with Crippen molar-refractivity contribution in [2.24, 2.45) is 0 Å². The van der Waals surface area contributed by atoms with Gasteiger partial charge in [0.15, 0.2) is 0 Å². The first kappa shape index (κ1) is 42.3. The fourth-order valence-corrected chi connectivity index (χ4v) is 3.17. The van der Waals surface area contributed by atoms with Crippen LogP contribution in [0.15, 0.2) is 0 Å². The summed E-state index contributed by atoms with van der Waals surface area (Å²) in [5.41, 5.74) is 0. The van der Waals surface area contributed by atoms with Crippen LogP contribution in [-0.4, -0.2) is 71.5 Å². The number of aliphatic hydroxyl groups excluding tert-OH is 1. The normalized spacial score (nSPS) is 17.3. The van der Waals surface area contributed by atoms with Crippen LogP contribution in [0.3, 0.4) is 0 Å². The predicted octanol–water partition coefficient (Wildman–Crippen LogP) is 3.62. The Balaban J connectivity index is 0. The predicted molar refractivity (Wildman–Crippen MR) is 90.5 cm³/mol. The summed E-state index contributed by atoms with van der Waals surface area (Å²) in [6.45, 7) is -1.71. The number of aliphatic hydroxyl groups is 1. The van der Waals surface area contributed by atoms with E-state index in [1.54, 1.807) is 0 Å². The first-order chi connectivity index (χ1) is 16.9. The Bertz CT molecular complexity index is 873. The number of phosphoric ester groups is 1. The minimum absolute atomic E-state index is 0. The van der Waals surface area contributed by atoms with Crippen LogP contribution in [0.5, 0.6) is 0 Å². The average molecular weight is 687 g/mol. The Morgan fingerprint density at radius 3 is 1.48 bits per heavy atom. The Kier molecular flexibility index (Phi) is 14.2. The van der Waals surface area contributed by atoms with Gasteiger partial charge in [0.1, 0.15) is 0 Å². The van der Waals surface area contributed by atoms with Gasteiger partial charge in [-0.1, -0.05) is 0 Å². The zero-order chi connectivity index (χ0) is 31.7. The third kappa shape index (κ3) is 8.86. The third-order valence-corrected chi connectivity index (χ3v) is 5.71. The van der Waals surface area contributed by atoms with Crippen LogP contribution >= 0.6 is 19.4 Å². The Morgan fingerprint density at radius 1 is 0.700 bits per heavy atom. The maximum absolute atomic E-state index is 13.8. The van der Waals surface area contributed by atoms with Gasteiger partial charge >= 0.3 is 77.4 Å². The van der Waals surface area contributed by atoms with Crippen molar-refractivity contribution in [1.29, 1.82) is 0 Å². The Labute approximate surface area is 239 Å². The number of unbranched alkanes of at least 4 members (excludes halogenated alkanes) is 1. The minimum atomic E-state index is -8.56. The van der Waals surface area contributed by atoms with E-state index in [4.69, 9.17) is 16.7 Å². The van der Waals surface area contributed by atoms with E-state index < -0.39 is 99.9 Å². The molecule has 0 amide bonds. The summed E-state index contributed by atoms with van der Waals surface area (Å²) < 4.78 is 244. The van der Waals surface area contributed by atoms with Gasteiger partial charge in [-0.2, -0.15) is 74.6 Å². The second-order valence-corrected chi connectivity index (χ2v) is 9.20. The molecule has 0 rings (SSSR count). The first-order valence-electron chi connectivity index (χ1n) is 9.48. The van der Waals surface area contributed by atoms with Crippen molar-refractivity contribution in [3.63, 3.8) is 0 Å². The summed E-state index contributed by atoms with van der Waals surface area (Å²) >= 11 is 4.92. The van der Waals surface area contributed by atoms with E-state index in [0.717, 1.165) is 0 Å². The maximum Gasteiger partial charge on any atom is 1.00 e. The average Bonchev–Trinajstić information content (AvgIpc) is 2.72. The number of hydrogen-bond acceptors (Lipinski definition) is 5. The number of alkyl halides is 18. The van der Waals surface area contributed by atoms with Crippen molar-refractivity contribution >= 4 is 19.4 Å². The van der Waals surface area contributed by atoms with Crippen molar-refractivity contribution in [3.05, 3.63) is 0 Å². The minimum Gasteiger partial charge on any atom is -0.756 e. The van der Waals surface area contributed by atoms with Crippen LogP contribution in [0, 0.1) is 0 Å². The van der Waals surface area contributed by atoms with Crippen LogP contribution in [-0.2, 0) is 13.6 Å². The third-order valence-electron chi connectivity index (χ3n) is 4.43. The molecule has 236 valence electrons. The van der Waals surface area contributed by atoms with Gasteiger partial charge in [-0.3, -0.25) is 4.57 Å². The van der Waals surface area contributed by atoms with E-state index in [-0.39, 0.29) is 29.6 Å². The van der Waals surface area contributed by atoms with Crippen LogP contribution in [0.1, 0.15) is 25.7 Å². The fraction of sp³-hybridized carbons (Fsp3) is 1.00. The molecule has 0 aliphatic heterocycles. The number of halogens is 18. The monoisotopic (exact) mass is 686 g/mol. The quantitative estimate of drug-likeness (QED) is 0.0884. The summed E-state index contributed by atoms with van der Waals surface area (Å²) in [6, 6.07) is 0. The molecule has 25 heteroatoms. The largest absolute Gasteiger partial charge is 1.00 e. The summed E-state index contributed by atoms with van der Waals surface area (Å²) in [6.07, 6.45) is -22.8. The molecule has 0 fully saturated rings. The number of rotatable bonds is 16. The van der Waals surface area contributed by atoms with Crippen molar-refractivity contribution in [2.75, 3.05) is 12.5 Å². The zero-order valence-corrected chi connectivity index (χ0v) is 22.8. The molecule has 0 aromatic rings. The first-order valence-corrected chi connectivity index (χ1v) is 11.5. The van der Waals surface area contributed by atoms with Crippen molar-refractivity contribution < 1.29 is 128 Å². The van der Waals surface area contributed by atoms with Crippen molar-refractivity contribution in [3.8, 4) is 0 Å². The van der Waals surface area contributed by atoms with E-state index in [9.17, 15) is 84.1 Å². The number of hydrogen-bond donors (Lipinski definition) is 1.